The van der Waals surface area contributed by atoms with Crippen molar-refractivity contribution in [3.05, 3.63) is 134 Å². The fraction of sp³-hybridized carbons (Fsp3) is 0.0811. The Kier molecular flexibility index (Phi) is 8.54. The fourth-order valence-electron chi connectivity index (χ4n) is 5.25. The van der Waals surface area contributed by atoms with Crippen molar-refractivity contribution in [2.75, 3.05) is 0 Å². The zero-order valence-corrected chi connectivity index (χ0v) is 28.4. The minimum atomic E-state index is -1.45. The van der Waals surface area contributed by atoms with E-state index in [-0.39, 0.29) is 20.1 Å². The molecule has 1 radical (unpaired) electrons. The Hall–Kier alpha value is -4.75. The molecule has 6 nitrogen and oxygen atoms in total. The quantitative estimate of drug-likeness (QED) is 0.133. The molecule has 4 aromatic heterocycles. The van der Waals surface area contributed by atoms with Crippen LogP contribution in [0.3, 0.4) is 0 Å². The van der Waals surface area contributed by atoms with Crippen LogP contribution in [0, 0.1) is 12.1 Å². The summed E-state index contributed by atoms with van der Waals surface area (Å²) in [4.78, 5) is 18.1. The number of furan rings is 1. The van der Waals surface area contributed by atoms with Crippen molar-refractivity contribution in [1.82, 2.24) is 24.5 Å². The average molecular weight is 780 g/mol. The third-order valence-electron chi connectivity index (χ3n) is 7.48. The van der Waals surface area contributed by atoms with E-state index in [1.165, 1.54) is 5.19 Å². The Bertz CT molecular complexity index is 2170. The molecule has 0 atom stereocenters. The largest absolute Gasteiger partial charge is 0.501 e. The molecule has 0 saturated heterocycles. The summed E-state index contributed by atoms with van der Waals surface area (Å²) in [5.41, 5.74) is 6.76. The molecule has 0 fully saturated rings. The molecule has 0 unspecified atom stereocenters. The first-order valence-corrected chi connectivity index (χ1v) is 18.0. The van der Waals surface area contributed by atoms with Gasteiger partial charge in [0.2, 0.25) is 0 Å². The molecule has 8 rings (SSSR count). The van der Waals surface area contributed by atoms with Gasteiger partial charge in [-0.3, -0.25) is 4.98 Å². The van der Waals surface area contributed by atoms with Crippen molar-refractivity contribution >= 4 is 46.5 Å². The number of hydrogen-bond acceptors (Lipinski definition) is 5. The van der Waals surface area contributed by atoms with Crippen LogP contribution in [0.1, 0.15) is 0 Å². The van der Waals surface area contributed by atoms with Crippen LogP contribution >= 0.6 is 0 Å². The van der Waals surface area contributed by atoms with E-state index in [1.807, 2.05) is 83.4 Å². The molecule has 0 spiro atoms. The standard InChI is InChI=1S/C26H21N4OSi.C11H8N.Ir/c1-32(2,3)18-12-13-19-20-10-7-11-21(23(20)31-22(19)16-18)25-29-24-26(28-15-14-27-24)30(25)17-8-5-4-6-9-17;1-2-6-10(7-3-1)11-8-4-5-9-12-11;/h4-10,12-16H,1-3H3;1-6,8-9H;/q2*-1;. The van der Waals surface area contributed by atoms with Gasteiger partial charge in [-0.05, 0) is 30.0 Å². The Morgan fingerprint density at radius 3 is 2.27 bits per heavy atom. The minimum absolute atomic E-state index is 0. The van der Waals surface area contributed by atoms with E-state index < -0.39 is 8.07 Å². The Morgan fingerprint density at radius 2 is 1.51 bits per heavy atom. The molecule has 8 heteroatoms. The average Bonchev–Trinajstić information content (AvgIpc) is 3.64. The van der Waals surface area contributed by atoms with Gasteiger partial charge < -0.3 is 14.0 Å². The second kappa shape index (κ2) is 12.7. The van der Waals surface area contributed by atoms with Crippen molar-refractivity contribution in [2.45, 2.75) is 19.6 Å². The number of fused-ring (bicyclic) bond motifs is 4. The maximum atomic E-state index is 6.46. The maximum Gasteiger partial charge on any atom is 0.188 e. The van der Waals surface area contributed by atoms with Crippen LogP contribution in [0.4, 0.5) is 0 Å². The molecule has 4 heterocycles. The molecule has 0 aliphatic rings. The summed E-state index contributed by atoms with van der Waals surface area (Å²) in [6, 6.07) is 40.9. The van der Waals surface area contributed by atoms with E-state index >= 15 is 0 Å². The summed E-state index contributed by atoms with van der Waals surface area (Å²) in [5.74, 6) is 0.715. The molecule has 0 amide bonds. The third-order valence-corrected chi connectivity index (χ3v) is 9.53. The van der Waals surface area contributed by atoms with Crippen LogP contribution in [0.15, 0.2) is 126 Å². The number of nitrogens with zero attached hydrogens (tertiary/aromatic N) is 5. The molecule has 8 aromatic rings. The van der Waals surface area contributed by atoms with Crippen molar-refractivity contribution in [1.29, 1.82) is 0 Å². The van der Waals surface area contributed by atoms with Gasteiger partial charge in [0.15, 0.2) is 11.3 Å². The van der Waals surface area contributed by atoms with Crippen LogP contribution in [0.5, 0.6) is 0 Å². The summed E-state index contributed by atoms with van der Waals surface area (Å²) in [6.07, 6.45) is 5.14. The number of para-hydroxylation sites is 1. The molecule has 45 heavy (non-hydrogen) atoms. The number of rotatable bonds is 4. The van der Waals surface area contributed by atoms with Crippen LogP contribution in [0.25, 0.3) is 61.6 Å². The molecule has 223 valence electrons. The Labute approximate surface area is 276 Å². The van der Waals surface area contributed by atoms with Gasteiger partial charge in [-0.2, -0.15) is 0 Å². The van der Waals surface area contributed by atoms with E-state index in [1.54, 1.807) is 18.6 Å². The van der Waals surface area contributed by atoms with Crippen molar-refractivity contribution in [3.63, 3.8) is 0 Å². The van der Waals surface area contributed by atoms with E-state index in [0.29, 0.717) is 17.1 Å². The van der Waals surface area contributed by atoms with E-state index in [4.69, 9.17) is 9.40 Å². The maximum absolute atomic E-state index is 6.46. The summed E-state index contributed by atoms with van der Waals surface area (Å²) < 4.78 is 8.48. The first kappa shape index (κ1) is 30.3. The molecule has 0 aliphatic carbocycles. The first-order valence-electron chi connectivity index (χ1n) is 14.5. The predicted octanol–water partition coefficient (Wildman–Crippen LogP) is 8.27. The minimum Gasteiger partial charge on any atom is -0.501 e. The van der Waals surface area contributed by atoms with Gasteiger partial charge in [-0.1, -0.05) is 78.2 Å². The Balaban J connectivity index is 0.000000231. The van der Waals surface area contributed by atoms with Gasteiger partial charge in [-0.25, -0.2) is 9.97 Å². The van der Waals surface area contributed by atoms with Crippen LogP contribution < -0.4 is 5.19 Å². The third kappa shape index (κ3) is 6.00. The van der Waals surface area contributed by atoms with Gasteiger partial charge in [0, 0.05) is 49.8 Å². The number of aromatic nitrogens is 5. The molecule has 0 bridgehead atoms. The second-order valence-electron chi connectivity index (χ2n) is 11.5. The number of pyridine rings is 1. The SMILES string of the molecule is C[Si](C)(C)c1ccc2c(c1)oc1c(-c3nc4nccnc4n3-c3ccccc3)[c-]ccc12.[Ir].[c-]1ccccc1-c1ccccn1. The topological polar surface area (TPSA) is 69.6 Å². The summed E-state index contributed by atoms with van der Waals surface area (Å²) >= 11 is 0. The predicted molar refractivity (Wildman–Crippen MR) is 180 cm³/mol. The number of imidazole rings is 1. The van der Waals surface area contributed by atoms with Crippen molar-refractivity contribution < 1.29 is 24.5 Å². The molecule has 0 saturated carbocycles. The molecule has 4 aromatic carbocycles. The molecular weight excluding hydrogens is 751 g/mol. The summed E-state index contributed by atoms with van der Waals surface area (Å²) in [6.45, 7) is 7.04. The van der Waals surface area contributed by atoms with Gasteiger partial charge in [0.05, 0.1) is 19.5 Å². The molecular formula is C37H29IrN5OSi-2. The summed E-state index contributed by atoms with van der Waals surface area (Å²) in [5, 5.41) is 3.54. The smallest absolute Gasteiger partial charge is 0.188 e. The van der Waals surface area contributed by atoms with Gasteiger partial charge in [-0.15, -0.1) is 54.1 Å². The summed E-state index contributed by atoms with van der Waals surface area (Å²) in [7, 11) is -1.45. The van der Waals surface area contributed by atoms with Gasteiger partial charge in [0.25, 0.3) is 0 Å². The molecule has 0 N–H and O–H groups in total. The number of benzene rings is 4. The fourth-order valence-corrected chi connectivity index (χ4v) is 6.40. The normalized spacial score (nSPS) is 11.3. The van der Waals surface area contributed by atoms with Crippen LogP contribution in [-0.2, 0) is 20.1 Å². The monoisotopic (exact) mass is 780 g/mol. The van der Waals surface area contributed by atoms with Gasteiger partial charge >= 0.3 is 0 Å². The van der Waals surface area contributed by atoms with Crippen LogP contribution in [0.2, 0.25) is 19.6 Å². The second-order valence-corrected chi connectivity index (χ2v) is 16.5. The Morgan fingerprint density at radius 1 is 0.711 bits per heavy atom. The van der Waals surface area contributed by atoms with E-state index in [9.17, 15) is 0 Å². The first-order chi connectivity index (χ1) is 21.5. The number of hydrogen-bond donors (Lipinski definition) is 0. The zero-order valence-electron chi connectivity index (χ0n) is 25.0. The van der Waals surface area contributed by atoms with Crippen LogP contribution in [-0.4, -0.2) is 32.6 Å². The van der Waals surface area contributed by atoms with E-state index in [2.05, 4.69) is 71.0 Å². The van der Waals surface area contributed by atoms with Crippen molar-refractivity contribution in [2.24, 2.45) is 0 Å². The zero-order chi connectivity index (χ0) is 30.1. The van der Waals surface area contributed by atoms with E-state index in [0.717, 1.165) is 44.4 Å². The van der Waals surface area contributed by atoms with Crippen molar-refractivity contribution in [3.8, 4) is 28.3 Å². The van der Waals surface area contributed by atoms with Gasteiger partial charge in [0.1, 0.15) is 5.58 Å². The molecule has 0 aliphatic heterocycles.